The molecule has 2 amide bonds. The molecule has 1 unspecified atom stereocenters. The predicted molar refractivity (Wildman–Crippen MR) is 102 cm³/mol. The van der Waals surface area contributed by atoms with Gasteiger partial charge in [-0.1, -0.05) is 30.3 Å². The third-order valence-electron chi connectivity index (χ3n) is 4.44. The molecule has 3 rings (SSSR count). The van der Waals surface area contributed by atoms with Gasteiger partial charge in [-0.3, -0.25) is 9.59 Å². The minimum absolute atomic E-state index is 0.0301. The van der Waals surface area contributed by atoms with Gasteiger partial charge in [0, 0.05) is 25.3 Å². The number of hydrogen-bond acceptors (Lipinski definition) is 3. The summed E-state index contributed by atoms with van der Waals surface area (Å²) in [6.07, 6.45) is 3.40. The van der Waals surface area contributed by atoms with Gasteiger partial charge in [0.2, 0.25) is 5.91 Å². The van der Waals surface area contributed by atoms with E-state index in [-0.39, 0.29) is 17.7 Å². The van der Waals surface area contributed by atoms with Crippen LogP contribution in [0.1, 0.15) is 22.5 Å². The second kappa shape index (κ2) is 8.12. The molecule has 5 heteroatoms. The molecule has 2 aromatic rings. The van der Waals surface area contributed by atoms with E-state index in [1.54, 1.807) is 11.0 Å². The average molecular weight is 354 g/mol. The third kappa shape index (κ3) is 3.99. The first kappa shape index (κ1) is 17.4. The number of nitrogens with zero attached hydrogens (tertiary/aromatic N) is 2. The lowest BCUT2D eigenvalue weighted by molar-refractivity contribution is -0.123. The van der Waals surface area contributed by atoms with Crippen LogP contribution in [-0.2, 0) is 4.79 Å². The number of piperidine rings is 1. The lowest BCUT2D eigenvalue weighted by atomic mass is 9.96. The van der Waals surface area contributed by atoms with E-state index in [2.05, 4.69) is 6.58 Å². The second-order valence-electron chi connectivity index (χ2n) is 6.14. The van der Waals surface area contributed by atoms with Gasteiger partial charge in [0.05, 0.1) is 10.8 Å². The zero-order chi connectivity index (χ0) is 17.6. The largest absolute Gasteiger partial charge is 0.337 e. The Morgan fingerprint density at radius 2 is 2.04 bits per heavy atom. The van der Waals surface area contributed by atoms with Gasteiger partial charge < -0.3 is 9.80 Å². The minimum Gasteiger partial charge on any atom is -0.337 e. The van der Waals surface area contributed by atoms with Gasteiger partial charge in [-0.2, -0.15) is 0 Å². The van der Waals surface area contributed by atoms with Gasteiger partial charge in [-0.25, -0.2) is 0 Å². The quantitative estimate of drug-likeness (QED) is 0.766. The van der Waals surface area contributed by atoms with Crippen molar-refractivity contribution >= 4 is 28.8 Å². The van der Waals surface area contributed by atoms with Crippen LogP contribution in [-0.4, -0.2) is 36.3 Å². The first-order chi connectivity index (χ1) is 12.2. The maximum atomic E-state index is 13.1. The molecule has 4 nitrogen and oxygen atoms in total. The Kier molecular flexibility index (Phi) is 5.66. The van der Waals surface area contributed by atoms with E-state index in [0.717, 1.165) is 23.4 Å². The van der Waals surface area contributed by atoms with Crippen molar-refractivity contribution in [2.24, 2.45) is 5.92 Å². The fraction of sp³-hybridized carbons (Fsp3) is 0.300. The van der Waals surface area contributed by atoms with E-state index < -0.39 is 0 Å². The summed E-state index contributed by atoms with van der Waals surface area (Å²) in [5.74, 6) is -0.0740. The van der Waals surface area contributed by atoms with E-state index in [0.29, 0.717) is 19.6 Å². The molecule has 1 aliphatic rings. The van der Waals surface area contributed by atoms with Gasteiger partial charge in [-0.05, 0) is 36.4 Å². The summed E-state index contributed by atoms with van der Waals surface area (Å²) in [4.78, 5) is 30.0. The number of thiophene rings is 1. The Labute approximate surface area is 152 Å². The zero-order valence-electron chi connectivity index (χ0n) is 14.1. The molecule has 130 valence electrons. The Hall–Kier alpha value is -2.40. The molecule has 25 heavy (non-hydrogen) atoms. The van der Waals surface area contributed by atoms with Gasteiger partial charge in [0.15, 0.2) is 0 Å². The molecular weight excluding hydrogens is 332 g/mol. The van der Waals surface area contributed by atoms with Crippen molar-refractivity contribution in [3.63, 3.8) is 0 Å². The van der Waals surface area contributed by atoms with E-state index >= 15 is 0 Å². The summed E-state index contributed by atoms with van der Waals surface area (Å²) in [5, 5.41) is 1.90. The molecule has 0 radical (unpaired) electrons. The van der Waals surface area contributed by atoms with E-state index in [9.17, 15) is 9.59 Å². The molecule has 0 bridgehead atoms. The van der Waals surface area contributed by atoms with Crippen LogP contribution < -0.4 is 4.90 Å². The molecule has 1 aromatic carbocycles. The van der Waals surface area contributed by atoms with Crippen LogP contribution in [0, 0.1) is 5.92 Å². The van der Waals surface area contributed by atoms with Crippen LogP contribution >= 0.6 is 11.3 Å². The van der Waals surface area contributed by atoms with Crippen molar-refractivity contribution in [3.05, 3.63) is 65.4 Å². The summed E-state index contributed by atoms with van der Waals surface area (Å²) in [6.45, 7) is 5.44. The van der Waals surface area contributed by atoms with Crippen molar-refractivity contribution < 1.29 is 9.59 Å². The van der Waals surface area contributed by atoms with Crippen molar-refractivity contribution in [2.45, 2.75) is 12.8 Å². The van der Waals surface area contributed by atoms with Crippen LogP contribution in [0.3, 0.4) is 0 Å². The maximum absolute atomic E-state index is 13.1. The van der Waals surface area contributed by atoms with E-state index in [1.807, 2.05) is 52.7 Å². The summed E-state index contributed by atoms with van der Waals surface area (Å²) >= 11 is 1.45. The number of para-hydroxylation sites is 1. The second-order valence-corrected chi connectivity index (χ2v) is 7.09. The number of rotatable bonds is 5. The number of carbonyl (C=O) groups excluding carboxylic acids is 2. The topological polar surface area (TPSA) is 40.6 Å². The number of anilines is 1. The van der Waals surface area contributed by atoms with Gasteiger partial charge in [-0.15, -0.1) is 17.9 Å². The molecule has 1 fully saturated rings. The smallest absolute Gasteiger partial charge is 0.263 e. The summed E-state index contributed by atoms with van der Waals surface area (Å²) in [5.41, 5.74) is 0.870. The highest BCUT2D eigenvalue weighted by molar-refractivity contribution is 7.12. The molecule has 1 aromatic heterocycles. The molecule has 0 N–H and O–H groups in total. The molecule has 0 spiro atoms. The van der Waals surface area contributed by atoms with Crippen LogP contribution in [0.15, 0.2) is 60.5 Å². The monoisotopic (exact) mass is 354 g/mol. The fourth-order valence-corrected chi connectivity index (χ4v) is 3.89. The fourth-order valence-electron chi connectivity index (χ4n) is 3.20. The Morgan fingerprint density at radius 1 is 1.24 bits per heavy atom. The summed E-state index contributed by atoms with van der Waals surface area (Å²) in [6, 6.07) is 13.4. The average Bonchev–Trinajstić information content (AvgIpc) is 3.20. The highest BCUT2D eigenvalue weighted by Gasteiger charge is 2.32. The Morgan fingerprint density at radius 3 is 2.72 bits per heavy atom. The van der Waals surface area contributed by atoms with E-state index in [1.165, 1.54) is 11.3 Å². The van der Waals surface area contributed by atoms with Crippen molar-refractivity contribution in [3.8, 4) is 0 Å². The Bertz CT molecular complexity index is 727. The van der Waals surface area contributed by atoms with Gasteiger partial charge >= 0.3 is 0 Å². The van der Waals surface area contributed by atoms with Crippen LogP contribution in [0.25, 0.3) is 0 Å². The number of likely N-dealkylation sites (tertiary alicyclic amines) is 1. The van der Waals surface area contributed by atoms with Gasteiger partial charge in [0.1, 0.15) is 0 Å². The molecule has 0 aliphatic carbocycles. The standard InChI is InChI=1S/C20H22N2O2S/c1-2-12-22(17-9-4-3-5-10-17)19(23)16-8-6-13-21(15-16)20(24)18-11-7-14-25-18/h2-5,7,9-11,14,16H,1,6,8,12-13,15H2. The molecule has 1 aliphatic heterocycles. The first-order valence-electron chi connectivity index (χ1n) is 8.51. The number of amides is 2. The third-order valence-corrected chi connectivity index (χ3v) is 5.29. The predicted octanol–water partition coefficient (Wildman–Crippen LogP) is 3.82. The highest BCUT2D eigenvalue weighted by Crippen LogP contribution is 2.24. The van der Waals surface area contributed by atoms with Crippen molar-refractivity contribution in [1.82, 2.24) is 4.90 Å². The van der Waals surface area contributed by atoms with Crippen LogP contribution in [0.5, 0.6) is 0 Å². The lowest BCUT2D eigenvalue weighted by Gasteiger charge is -2.34. The first-order valence-corrected chi connectivity index (χ1v) is 9.38. The zero-order valence-corrected chi connectivity index (χ0v) is 15.0. The molecule has 1 saturated heterocycles. The normalized spacial score (nSPS) is 17.1. The number of benzene rings is 1. The van der Waals surface area contributed by atoms with Crippen LogP contribution in [0.2, 0.25) is 0 Å². The molecule has 0 saturated carbocycles. The van der Waals surface area contributed by atoms with E-state index in [4.69, 9.17) is 0 Å². The van der Waals surface area contributed by atoms with Crippen molar-refractivity contribution in [2.75, 3.05) is 24.5 Å². The minimum atomic E-state index is -0.169. The molecular formula is C20H22N2O2S. The van der Waals surface area contributed by atoms with Crippen molar-refractivity contribution in [1.29, 1.82) is 0 Å². The SMILES string of the molecule is C=CCN(C(=O)C1CCCN(C(=O)c2cccs2)C1)c1ccccc1. The highest BCUT2D eigenvalue weighted by atomic mass is 32.1. The Balaban J connectivity index is 1.74. The maximum Gasteiger partial charge on any atom is 0.263 e. The number of carbonyl (C=O) groups is 2. The summed E-state index contributed by atoms with van der Waals surface area (Å²) < 4.78 is 0. The summed E-state index contributed by atoms with van der Waals surface area (Å²) in [7, 11) is 0. The molecule has 2 heterocycles. The molecule has 1 atom stereocenters. The lowest BCUT2D eigenvalue weighted by Crippen LogP contribution is -2.46. The van der Waals surface area contributed by atoms with Gasteiger partial charge in [0.25, 0.3) is 5.91 Å². The van der Waals surface area contributed by atoms with Crippen LogP contribution in [0.4, 0.5) is 5.69 Å². The number of hydrogen-bond donors (Lipinski definition) is 0.